The van der Waals surface area contributed by atoms with E-state index in [1.54, 1.807) is 0 Å². The Balaban J connectivity index is 3.38. The fraction of sp³-hybridized carbons (Fsp3) is 1.00. The zero-order valence-electron chi connectivity index (χ0n) is 6.39. The fourth-order valence-electron chi connectivity index (χ4n) is 0.427. The number of aliphatic hydroxyl groups excluding tert-OH is 1. The monoisotopic (exact) mass is 169 g/mol. The highest BCUT2D eigenvalue weighted by Crippen LogP contribution is 2.00. The van der Waals surface area contributed by atoms with Gasteiger partial charge in [-0.3, -0.25) is 0 Å². The maximum Gasteiger partial charge on any atom is 0.261 e. The Morgan fingerprint density at radius 3 is 2.55 bits per heavy atom. The summed E-state index contributed by atoms with van der Waals surface area (Å²) in [6.45, 7) is 0.551. The fourth-order valence-corrected chi connectivity index (χ4v) is 0.427. The van der Waals surface area contributed by atoms with Crippen LogP contribution in [0.25, 0.3) is 0 Å². The number of hydrogen-bond donors (Lipinski definition) is 2. The predicted molar refractivity (Wildman–Crippen MR) is 36.5 cm³/mol. The van der Waals surface area contributed by atoms with Gasteiger partial charge in [-0.05, 0) is 6.92 Å². The summed E-state index contributed by atoms with van der Waals surface area (Å²) in [5, 5.41) is 8.57. The lowest BCUT2D eigenvalue weighted by molar-refractivity contribution is -0.00783. The quantitative estimate of drug-likeness (QED) is 0.608. The van der Waals surface area contributed by atoms with Gasteiger partial charge in [0.15, 0.2) is 0 Å². The van der Waals surface area contributed by atoms with Crippen LogP contribution in [0.1, 0.15) is 6.92 Å². The Labute approximate surface area is 64.1 Å². The highest BCUT2D eigenvalue weighted by atomic mass is 19.3. The average Bonchev–Trinajstić information content (AvgIpc) is 1.87. The normalized spacial score (nSPS) is 16.9. The second-order valence-electron chi connectivity index (χ2n) is 2.72. The molecular weight excluding hydrogens is 156 g/mol. The minimum atomic E-state index is -2.48. The van der Waals surface area contributed by atoms with Crippen molar-refractivity contribution in [2.24, 2.45) is 5.73 Å². The Morgan fingerprint density at radius 2 is 2.18 bits per heavy atom. The highest BCUT2D eigenvalue weighted by molar-refractivity contribution is 4.76. The molecule has 5 heteroatoms. The van der Waals surface area contributed by atoms with Crippen molar-refractivity contribution >= 4 is 0 Å². The molecule has 3 N–H and O–H groups in total. The van der Waals surface area contributed by atoms with Crippen LogP contribution in [0.15, 0.2) is 0 Å². The second-order valence-corrected chi connectivity index (χ2v) is 2.72. The molecule has 11 heavy (non-hydrogen) atoms. The van der Waals surface area contributed by atoms with E-state index in [1.165, 1.54) is 6.92 Å². The van der Waals surface area contributed by atoms with Crippen molar-refractivity contribution in [3.63, 3.8) is 0 Å². The molecule has 0 aliphatic rings. The summed E-state index contributed by atoms with van der Waals surface area (Å²) in [5.74, 6) is 0. The van der Waals surface area contributed by atoms with E-state index in [1.807, 2.05) is 0 Å². The van der Waals surface area contributed by atoms with Crippen LogP contribution >= 0.6 is 0 Å². The zero-order valence-corrected chi connectivity index (χ0v) is 6.39. The molecule has 0 amide bonds. The molecule has 68 valence electrons. The molecule has 0 radical (unpaired) electrons. The van der Waals surface area contributed by atoms with Crippen LogP contribution in [0, 0.1) is 0 Å². The number of rotatable bonds is 5. The molecule has 1 unspecified atom stereocenters. The molecule has 3 nitrogen and oxygen atoms in total. The molecule has 0 saturated carbocycles. The largest absolute Gasteiger partial charge is 0.394 e. The van der Waals surface area contributed by atoms with Crippen molar-refractivity contribution in [1.82, 2.24) is 0 Å². The van der Waals surface area contributed by atoms with Crippen molar-refractivity contribution in [3.05, 3.63) is 0 Å². The molecule has 0 saturated heterocycles. The summed E-state index contributed by atoms with van der Waals surface area (Å²) in [6, 6.07) is 0. The molecule has 1 atom stereocenters. The van der Waals surface area contributed by atoms with Gasteiger partial charge in [-0.1, -0.05) is 0 Å². The smallest absolute Gasteiger partial charge is 0.261 e. The van der Waals surface area contributed by atoms with E-state index in [0.29, 0.717) is 0 Å². The Morgan fingerprint density at radius 1 is 1.64 bits per heavy atom. The zero-order chi connectivity index (χ0) is 8.91. The van der Waals surface area contributed by atoms with Gasteiger partial charge in [-0.2, -0.15) is 0 Å². The number of alkyl halides is 2. The lowest BCUT2D eigenvalue weighted by Crippen LogP contribution is -2.45. The molecule has 0 bridgehead atoms. The van der Waals surface area contributed by atoms with E-state index in [2.05, 4.69) is 4.74 Å². The maximum atomic E-state index is 11.5. The topological polar surface area (TPSA) is 55.5 Å². The molecule has 0 fully saturated rings. The van der Waals surface area contributed by atoms with Gasteiger partial charge in [0.25, 0.3) is 6.43 Å². The molecule has 0 aromatic rings. The van der Waals surface area contributed by atoms with Crippen LogP contribution < -0.4 is 5.73 Å². The second kappa shape index (κ2) is 4.58. The van der Waals surface area contributed by atoms with E-state index < -0.39 is 18.6 Å². The standard InChI is InChI=1S/C6H13F2NO2/c1-6(9,3-10)4-11-2-5(7)8/h5,10H,2-4,9H2,1H3. The van der Waals surface area contributed by atoms with Gasteiger partial charge in [0, 0.05) is 0 Å². The first-order chi connectivity index (χ1) is 4.98. The van der Waals surface area contributed by atoms with Gasteiger partial charge in [-0.25, -0.2) is 8.78 Å². The molecule has 0 spiro atoms. The van der Waals surface area contributed by atoms with Crippen LogP contribution in [-0.4, -0.2) is 36.9 Å². The first kappa shape index (κ1) is 10.7. The number of hydrogen-bond acceptors (Lipinski definition) is 3. The van der Waals surface area contributed by atoms with Gasteiger partial charge >= 0.3 is 0 Å². The van der Waals surface area contributed by atoms with Crippen molar-refractivity contribution in [2.75, 3.05) is 19.8 Å². The maximum absolute atomic E-state index is 11.5. The third kappa shape index (κ3) is 6.15. The summed E-state index contributed by atoms with van der Waals surface area (Å²) in [7, 11) is 0. The third-order valence-electron chi connectivity index (χ3n) is 1.04. The minimum absolute atomic E-state index is 0.0617. The van der Waals surface area contributed by atoms with Crippen molar-refractivity contribution in [3.8, 4) is 0 Å². The summed E-state index contributed by atoms with van der Waals surface area (Å²) < 4.78 is 27.5. The summed E-state index contributed by atoms with van der Waals surface area (Å²) in [6.07, 6.45) is -2.48. The Bertz CT molecular complexity index is 109. The molecule has 0 aliphatic heterocycles. The van der Waals surface area contributed by atoms with Crippen LogP contribution in [0.5, 0.6) is 0 Å². The molecule has 0 aliphatic carbocycles. The molecule has 0 aromatic carbocycles. The van der Waals surface area contributed by atoms with Crippen molar-refractivity contribution < 1.29 is 18.6 Å². The minimum Gasteiger partial charge on any atom is -0.394 e. The molecule has 0 rings (SSSR count). The lowest BCUT2D eigenvalue weighted by Gasteiger charge is -2.20. The number of ether oxygens (including phenoxy) is 1. The highest BCUT2D eigenvalue weighted by Gasteiger charge is 2.17. The van der Waals surface area contributed by atoms with Gasteiger partial charge in [0.2, 0.25) is 0 Å². The summed E-state index contributed by atoms with van der Waals surface area (Å²) in [5.41, 5.74) is 4.46. The predicted octanol–water partition coefficient (Wildman–Crippen LogP) is -0.0222. The van der Waals surface area contributed by atoms with Gasteiger partial charge in [-0.15, -0.1) is 0 Å². The SMILES string of the molecule is CC(N)(CO)COCC(F)F. The first-order valence-corrected chi connectivity index (χ1v) is 3.23. The molecular formula is C6H13F2NO2. The van der Waals surface area contributed by atoms with E-state index in [0.717, 1.165) is 0 Å². The first-order valence-electron chi connectivity index (χ1n) is 3.23. The average molecular weight is 169 g/mol. The van der Waals surface area contributed by atoms with E-state index in [9.17, 15) is 8.78 Å². The van der Waals surface area contributed by atoms with Gasteiger partial charge in [0.05, 0.1) is 18.8 Å². The van der Waals surface area contributed by atoms with Crippen molar-refractivity contribution in [1.29, 1.82) is 0 Å². The lowest BCUT2D eigenvalue weighted by atomic mass is 10.1. The van der Waals surface area contributed by atoms with Crippen molar-refractivity contribution in [2.45, 2.75) is 18.9 Å². The van der Waals surface area contributed by atoms with E-state index in [-0.39, 0.29) is 13.2 Å². The Kier molecular flexibility index (Phi) is 4.48. The number of nitrogens with two attached hydrogens (primary N) is 1. The van der Waals surface area contributed by atoms with Crippen LogP contribution in [-0.2, 0) is 4.74 Å². The number of halogens is 2. The van der Waals surface area contributed by atoms with E-state index in [4.69, 9.17) is 10.8 Å². The van der Waals surface area contributed by atoms with Crippen LogP contribution in [0.4, 0.5) is 8.78 Å². The Hall–Kier alpha value is -0.260. The van der Waals surface area contributed by atoms with Crippen LogP contribution in [0.2, 0.25) is 0 Å². The molecule has 0 aromatic heterocycles. The molecule has 0 heterocycles. The summed E-state index contributed by atoms with van der Waals surface area (Å²) in [4.78, 5) is 0. The van der Waals surface area contributed by atoms with E-state index >= 15 is 0 Å². The van der Waals surface area contributed by atoms with Gasteiger partial charge in [0.1, 0.15) is 6.61 Å². The summed E-state index contributed by atoms with van der Waals surface area (Å²) >= 11 is 0. The number of aliphatic hydroxyl groups is 1. The third-order valence-corrected chi connectivity index (χ3v) is 1.04. The van der Waals surface area contributed by atoms with Gasteiger partial charge < -0.3 is 15.6 Å². The van der Waals surface area contributed by atoms with Crippen LogP contribution in [0.3, 0.4) is 0 Å².